The molecule has 3 heterocycles. The average Bonchev–Trinajstić information content (AvgIpc) is 3.35. The molecule has 0 bridgehead atoms. The van der Waals surface area contributed by atoms with Crippen LogP contribution in [0.5, 0.6) is 0 Å². The molecular formula is C26H26Cl2N4O2S. The molecule has 35 heavy (non-hydrogen) atoms. The third-order valence-electron chi connectivity index (χ3n) is 6.61. The van der Waals surface area contributed by atoms with Gasteiger partial charge in [0.1, 0.15) is 0 Å². The maximum Gasteiger partial charge on any atom is 0.321 e. The first-order valence-corrected chi connectivity index (χ1v) is 13.3. The molecule has 182 valence electrons. The summed E-state index contributed by atoms with van der Waals surface area (Å²) >= 11 is 13.8. The van der Waals surface area contributed by atoms with E-state index in [0.29, 0.717) is 48.5 Å². The number of carbonyl (C=O) groups is 2. The van der Waals surface area contributed by atoms with Gasteiger partial charge in [-0.1, -0.05) is 53.5 Å². The van der Waals surface area contributed by atoms with E-state index in [0.717, 1.165) is 13.0 Å². The number of carbonyl (C=O) groups excluding carboxylic acids is 2. The summed E-state index contributed by atoms with van der Waals surface area (Å²) in [6.07, 6.45) is 0.965. The van der Waals surface area contributed by atoms with Gasteiger partial charge in [-0.2, -0.15) is 0 Å². The van der Waals surface area contributed by atoms with Crippen LogP contribution in [0.2, 0.25) is 10.0 Å². The van der Waals surface area contributed by atoms with Gasteiger partial charge in [0.25, 0.3) is 0 Å². The fraction of sp³-hybridized carbons (Fsp3) is 0.308. The summed E-state index contributed by atoms with van der Waals surface area (Å²) in [7, 11) is 0. The van der Waals surface area contributed by atoms with E-state index in [1.165, 1.54) is 16.0 Å². The molecule has 1 atom stereocenters. The van der Waals surface area contributed by atoms with E-state index >= 15 is 0 Å². The number of benzene rings is 2. The molecule has 0 spiro atoms. The molecule has 1 aromatic heterocycles. The molecule has 0 radical (unpaired) electrons. The maximum atomic E-state index is 13.3. The third kappa shape index (κ3) is 5.33. The normalized spacial score (nSPS) is 18.3. The predicted octanol–water partition coefficient (Wildman–Crippen LogP) is 5.38. The van der Waals surface area contributed by atoms with Gasteiger partial charge in [-0.25, -0.2) is 4.79 Å². The van der Waals surface area contributed by atoms with Crippen LogP contribution in [0.4, 0.5) is 10.5 Å². The number of urea groups is 1. The van der Waals surface area contributed by atoms with Crippen LogP contribution in [0.25, 0.3) is 0 Å². The van der Waals surface area contributed by atoms with Crippen LogP contribution < -0.4 is 5.32 Å². The fourth-order valence-corrected chi connectivity index (χ4v) is 5.98. The molecule has 5 rings (SSSR count). The quantitative estimate of drug-likeness (QED) is 0.494. The van der Waals surface area contributed by atoms with Crippen molar-refractivity contribution in [2.45, 2.75) is 12.5 Å². The Balaban J connectivity index is 1.19. The second-order valence-electron chi connectivity index (χ2n) is 8.76. The minimum atomic E-state index is -0.208. The molecule has 1 N–H and O–H groups in total. The van der Waals surface area contributed by atoms with Crippen LogP contribution in [-0.2, 0) is 11.2 Å². The molecule has 6 nitrogen and oxygen atoms in total. The van der Waals surface area contributed by atoms with Crippen molar-refractivity contribution < 1.29 is 9.59 Å². The zero-order valence-electron chi connectivity index (χ0n) is 19.1. The van der Waals surface area contributed by atoms with Crippen LogP contribution in [0.1, 0.15) is 22.0 Å². The lowest BCUT2D eigenvalue weighted by molar-refractivity contribution is -0.134. The molecular weight excluding hydrogens is 503 g/mol. The largest absolute Gasteiger partial charge is 0.338 e. The number of amides is 3. The van der Waals surface area contributed by atoms with Crippen LogP contribution in [0, 0.1) is 0 Å². The van der Waals surface area contributed by atoms with Crippen molar-refractivity contribution in [3.63, 3.8) is 0 Å². The van der Waals surface area contributed by atoms with Gasteiger partial charge in [0.15, 0.2) is 0 Å². The topological polar surface area (TPSA) is 55.9 Å². The molecule has 9 heteroatoms. The van der Waals surface area contributed by atoms with Crippen molar-refractivity contribution >= 4 is 52.2 Å². The molecule has 1 fully saturated rings. The third-order valence-corrected chi connectivity index (χ3v) is 8.35. The summed E-state index contributed by atoms with van der Waals surface area (Å²) in [5.41, 5.74) is 3.11. The lowest BCUT2D eigenvalue weighted by Gasteiger charge is -2.39. The van der Waals surface area contributed by atoms with Crippen molar-refractivity contribution in [1.82, 2.24) is 14.7 Å². The van der Waals surface area contributed by atoms with Gasteiger partial charge < -0.3 is 15.1 Å². The Morgan fingerprint density at radius 2 is 1.66 bits per heavy atom. The summed E-state index contributed by atoms with van der Waals surface area (Å²) < 4.78 is 0. The van der Waals surface area contributed by atoms with Crippen LogP contribution >= 0.6 is 34.5 Å². The Hall–Kier alpha value is -2.58. The van der Waals surface area contributed by atoms with Gasteiger partial charge in [-0.3, -0.25) is 9.69 Å². The zero-order valence-corrected chi connectivity index (χ0v) is 21.5. The molecule has 3 amide bonds. The van der Waals surface area contributed by atoms with Crippen molar-refractivity contribution in [3.8, 4) is 0 Å². The molecule has 0 saturated carbocycles. The smallest absolute Gasteiger partial charge is 0.321 e. The summed E-state index contributed by atoms with van der Waals surface area (Å²) in [6, 6.07) is 17.5. The van der Waals surface area contributed by atoms with Gasteiger partial charge in [0, 0.05) is 43.3 Å². The van der Waals surface area contributed by atoms with Crippen molar-refractivity contribution in [2.75, 3.05) is 44.6 Å². The number of nitrogens with zero attached hydrogens (tertiary/aromatic N) is 3. The Kier molecular flexibility index (Phi) is 7.29. The van der Waals surface area contributed by atoms with Gasteiger partial charge in [-0.15, -0.1) is 11.3 Å². The Morgan fingerprint density at radius 1 is 0.914 bits per heavy atom. The van der Waals surface area contributed by atoms with Gasteiger partial charge in [0.2, 0.25) is 5.91 Å². The highest BCUT2D eigenvalue weighted by molar-refractivity contribution is 7.10. The first-order chi connectivity index (χ1) is 17.0. The minimum absolute atomic E-state index is 0.0911. The van der Waals surface area contributed by atoms with E-state index < -0.39 is 0 Å². The number of halogens is 2. The number of hydrogen-bond donors (Lipinski definition) is 1. The molecule has 1 saturated heterocycles. The highest BCUT2D eigenvalue weighted by atomic mass is 35.5. The number of nitrogens with one attached hydrogen (secondary N) is 1. The highest BCUT2D eigenvalue weighted by Gasteiger charge is 2.32. The molecule has 0 unspecified atom stereocenters. The van der Waals surface area contributed by atoms with E-state index in [1.807, 2.05) is 11.0 Å². The Labute approximate surface area is 219 Å². The summed E-state index contributed by atoms with van der Waals surface area (Å²) in [5.74, 6) is 0.106. The number of fused-ring (bicyclic) bond motifs is 1. The summed E-state index contributed by atoms with van der Waals surface area (Å²) in [5, 5.41) is 5.83. The SMILES string of the molecule is O=C(CN1CCc2sccc2[C@H]1c1ccccc1)N1CCN(C(=O)Nc2ccc(Cl)c(Cl)c2)CC1. The van der Waals surface area contributed by atoms with E-state index in [1.54, 1.807) is 34.4 Å². The van der Waals surface area contributed by atoms with E-state index in [-0.39, 0.29) is 18.0 Å². The van der Waals surface area contributed by atoms with Crippen molar-refractivity contribution in [2.24, 2.45) is 0 Å². The zero-order chi connectivity index (χ0) is 24.4. The van der Waals surface area contributed by atoms with Crippen LogP contribution in [0.3, 0.4) is 0 Å². The first-order valence-electron chi connectivity index (χ1n) is 11.6. The van der Waals surface area contributed by atoms with Crippen molar-refractivity contribution in [3.05, 3.63) is 86.0 Å². The van der Waals surface area contributed by atoms with E-state index in [9.17, 15) is 9.59 Å². The number of rotatable bonds is 4. The Morgan fingerprint density at radius 3 is 2.40 bits per heavy atom. The number of hydrogen-bond acceptors (Lipinski definition) is 4. The molecule has 2 aliphatic heterocycles. The predicted molar refractivity (Wildman–Crippen MR) is 142 cm³/mol. The fourth-order valence-electron chi connectivity index (χ4n) is 4.77. The number of thiophene rings is 1. The maximum absolute atomic E-state index is 13.3. The van der Waals surface area contributed by atoms with Gasteiger partial charge in [0.05, 0.1) is 22.6 Å². The summed E-state index contributed by atoms with van der Waals surface area (Å²) in [4.78, 5) is 33.2. The second kappa shape index (κ2) is 10.6. The lowest BCUT2D eigenvalue weighted by atomic mass is 9.93. The number of piperazine rings is 1. The van der Waals surface area contributed by atoms with Gasteiger partial charge in [-0.05, 0) is 47.2 Å². The lowest BCUT2D eigenvalue weighted by Crippen LogP contribution is -2.54. The molecule has 2 aromatic carbocycles. The molecule has 2 aliphatic rings. The van der Waals surface area contributed by atoms with E-state index in [4.69, 9.17) is 23.2 Å². The number of anilines is 1. The highest BCUT2D eigenvalue weighted by Crippen LogP contribution is 2.37. The monoisotopic (exact) mass is 528 g/mol. The second-order valence-corrected chi connectivity index (χ2v) is 10.6. The van der Waals surface area contributed by atoms with Crippen LogP contribution in [0.15, 0.2) is 60.0 Å². The molecule has 0 aliphatic carbocycles. The Bertz CT molecular complexity index is 1210. The van der Waals surface area contributed by atoms with E-state index in [2.05, 4.69) is 45.9 Å². The first kappa shape index (κ1) is 24.1. The standard InChI is InChI=1S/C26H26Cl2N4O2S/c27-21-7-6-19(16-22(21)28)29-26(34)31-13-11-30(12-14-31)24(33)17-32-10-8-23-20(9-15-35-23)25(32)18-4-2-1-3-5-18/h1-7,9,15-16,25H,8,10-14,17H2,(H,29,34)/t25-/m1/s1. The van der Waals surface area contributed by atoms with Crippen molar-refractivity contribution in [1.29, 1.82) is 0 Å². The molecule has 3 aromatic rings. The van der Waals surface area contributed by atoms with Crippen LogP contribution in [-0.4, -0.2) is 65.9 Å². The summed E-state index contributed by atoms with van der Waals surface area (Å²) in [6.45, 7) is 3.21. The van der Waals surface area contributed by atoms with Gasteiger partial charge >= 0.3 is 6.03 Å². The minimum Gasteiger partial charge on any atom is -0.338 e. The average molecular weight is 529 g/mol.